The molecule has 6 heteroatoms. The predicted molar refractivity (Wildman–Crippen MR) is 80.3 cm³/mol. The second kappa shape index (κ2) is 6.78. The Morgan fingerprint density at radius 3 is 2.25 bits per heavy atom. The Labute approximate surface area is 125 Å². The first-order valence-corrected chi connectivity index (χ1v) is 8.75. The Kier molecular flexibility index (Phi) is 5.86. The lowest BCUT2D eigenvalue weighted by Gasteiger charge is -2.16. The number of ether oxygens (including phenoxy) is 2. The van der Waals surface area contributed by atoms with E-state index in [0.717, 1.165) is 11.1 Å². The average Bonchev–Trinajstić information content (AvgIpc) is 2.31. The Morgan fingerprint density at radius 2 is 1.75 bits per heavy atom. The van der Waals surface area contributed by atoms with E-state index >= 15 is 0 Å². The number of rotatable bonds is 6. The Balaban J connectivity index is 2.97. The minimum Gasteiger partial charge on any atom is -0.491 e. The monoisotopic (exact) mass is 320 g/mol. The van der Waals surface area contributed by atoms with Crippen molar-refractivity contribution in [3.63, 3.8) is 0 Å². The van der Waals surface area contributed by atoms with Gasteiger partial charge < -0.3 is 9.47 Å². The highest BCUT2D eigenvalue weighted by atomic mass is 35.7. The molecule has 0 aliphatic rings. The van der Waals surface area contributed by atoms with E-state index in [0.29, 0.717) is 24.5 Å². The van der Waals surface area contributed by atoms with Crippen LogP contribution in [0, 0.1) is 20.8 Å². The largest absolute Gasteiger partial charge is 0.491 e. The summed E-state index contributed by atoms with van der Waals surface area (Å²) in [5.41, 5.74) is 2.15. The van der Waals surface area contributed by atoms with Crippen LogP contribution in [0.5, 0.6) is 5.75 Å². The van der Waals surface area contributed by atoms with Gasteiger partial charge in [-0.1, -0.05) is 0 Å². The van der Waals surface area contributed by atoms with E-state index in [2.05, 4.69) is 0 Å². The van der Waals surface area contributed by atoms with E-state index in [1.54, 1.807) is 19.9 Å². The quantitative estimate of drug-likeness (QED) is 0.596. The third kappa shape index (κ3) is 4.36. The van der Waals surface area contributed by atoms with Gasteiger partial charge in [0.25, 0.3) is 9.05 Å². The zero-order valence-corrected chi connectivity index (χ0v) is 14.1. The third-order valence-electron chi connectivity index (χ3n) is 3.02. The van der Waals surface area contributed by atoms with Gasteiger partial charge in [0.15, 0.2) is 0 Å². The molecule has 114 valence electrons. The summed E-state index contributed by atoms with van der Waals surface area (Å²) in [5, 5.41) is 0. The van der Waals surface area contributed by atoms with Gasteiger partial charge in [0, 0.05) is 10.7 Å². The van der Waals surface area contributed by atoms with Crippen molar-refractivity contribution in [1.29, 1.82) is 0 Å². The second-order valence-corrected chi connectivity index (χ2v) is 7.51. The number of benzene rings is 1. The Hall–Kier alpha value is -0.780. The summed E-state index contributed by atoms with van der Waals surface area (Å²) >= 11 is 0. The molecular formula is C14H21ClO4S. The van der Waals surface area contributed by atoms with Crippen LogP contribution in [0.4, 0.5) is 0 Å². The molecular weight excluding hydrogens is 300 g/mol. The summed E-state index contributed by atoms with van der Waals surface area (Å²) in [5.74, 6) is 0.693. The first kappa shape index (κ1) is 17.3. The zero-order chi connectivity index (χ0) is 15.5. The van der Waals surface area contributed by atoms with E-state index in [1.165, 1.54) is 0 Å². The van der Waals surface area contributed by atoms with Crippen molar-refractivity contribution >= 4 is 19.7 Å². The Morgan fingerprint density at radius 1 is 1.15 bits per heavy atom. The lowest BCUT2D eigenvalue weighted by molar-refractivity contribution is 0.0549. The molecule has 0 saturated carbocycles. The zero-order valence-electron chi connectivity index (χ0n) is 12.5. The fourth-order valence-electron chi connectivity index (χ4n) is 1.92. The lowest BCUT2D eigenvalue weighted by atomic mass is 10.1. The van der Waals surface area contributed by atoms with E-state index in [1.807, 2.05) is 20.8 Å². The molecule has 1 aromatic rings. The average molecular weight is 321 g/mol. The SMILES string of the molecule is Cc1cc(S(=O)(=O)Cl)c(C)c(C)c1OCCOC(C)C. The molecule has 0 spiro atoms. The molecule has 1 aromatic carbocycles. The van der Waals surface area contributed by atoms with Gasteiger partial charge in [0.1, 0.15) is 12.4 Å². The van der Waals surface area contributed by atoms with Gasteiger partial charge in [-0.25, -0.2) is 8.42 Å². The molecule has 0 aliphatic heterocycles. The first-order valence-electron chi connectivity index (χ1n) is 6.44. The molecule has 0 atom stereocenters. The van der Waals surface area contributed by atoms with Crippen LogP contribution in [0.25, 0.3) is 0 Å². The molecule has 1 rings (SSSR count). The Bertz CT molecular complexity index is 579. The van der Waals surface area contributed by atoms with Crippen molar-refractivity contribution in [3.05, 3.63) is 22.8 Å². The summed E-state index contributed by atoms with van der Waals surface area (Å²) < 4.78 is 34.1. The van der Waals surface area contributed by atoms with Crippen molar-refractivity contribution in [1.82, 2.24) is 0 Å². The van der Waals surface area contributed by atoms with E-state index in [4.69, 9.17) is 20.2 Å². The van der Waals surface area contributed by atoms with Gasteiger partial charge in [0.05, 0.1) is 17.6 Å². The third-order valence-corrected chi connectivity index (χ3v) is 4.47. The predicted octanol–water partition coefficient (Wildman–Crippen LogP) is 3.34. The molecule has 0 amide bonds. The van der Waals surface area contributed by atoms with Gasteiger partial charge in [0.2, 0.25) is 0 Å². The number of halogens is 1. The highest BCUT2D eigenvalue weighted by molar-refractivity contribution is 8.13. The minimum absolute atomic E-state index is 0.139. The molecule has 4 nitrogen and oxygen atoms in total. The van der Waals surface area contributed by atoms with Crippen molar-refractivity contribution in [2.75, 3.05) is 13.2 Å². The first-order chi connectivity index (χ1) is 9.14. The maximum atomic E-state index is 11.5. The van der Waals surface area contributed by atoms with Crippen LogP contribution in [0.1, 0.15) is 30.5 Å². The molecule has 20 heavy (non-hydrogen) atoms. The van der Waals surface area contributed by atoms with Crippen LogP contribution in [0.2, 0.25) is 0 Å². The fourth-order valence-corrected chi connectivity index (χ4v) is 3.24. The number of hydrogen-bond acceptors (Lipinski definition) is 4. The lowest BCUT2D eigenvalue weighted by Crippen LogP contribution is -2.13. The topological polar surface area (TPSA) is 52.6 Å². The van der Waals surface area contributed by atoms with Gasteiger partial charge in [-0.2, -0.15) is 0 Å². The summed E-state index contributed by atoms with van der Waals surface area (Å²) in [6, 6.07) is 1.54. The maximum absolute atomic E-state index is 11.5. The van der Waals surface area contributed by atoms with Crippen LogP contribution in [0.15, 0.2) is 11.0 Å². The standard InChI is InChI=1S/C14H21ClO4S/c1-9(2)18-6-7-19-14-10(3)8-13(20(15,16)17)11(4)12(14)5/h8-9H,6-7H2,1-5H3. The van der Waals surface area contributed by atoms with E-state index in [9.17, 15) is 8.42 Å². The van der Waals surface area contributed by atoms with Crippen LogP contribution in [-0.4, -0.2) is 27.7 Å². The van der Waals surface area contributed by atoms with Crippen LogP contribution in [0.3, 0.4) is 0 Å². The molecule has 0 unspecified atom stereocenters. The molecule has 0 aromatic heterocycles. The van der Waals surface area contributed by atoms with Crippen molar-refractivity contribution in [2.24, 2.45) is 0 Å². The fraction of sp³-hybridized carbons (Fsp3) is 0.571. The van der Waals surface area contributed by atoms with Gasteiger partial charge in [-0.15, -0.1) is 0 Å². The molecule has 0 N–H and O–H groups in total. The van der Waals surface area contributed by atoms with Gasteiger partial charge in [-0.05, 0) is 57.4 Å². The van der Waals surface area contributed by atoms with Gasteiger partial charge in [-0.3, -0.25) is 0 Å². The van der Waals surface area contributed by atoms with E-state index < -0.39 is 9.05 Å². The highest BCUT2D eigenvalue weighted by Gasteiger charge is 2.19. The number of aryl methyl sites for hydroxylation is 1. The molecule has 0 aliphatic carbocycles. The summed E-state index contributed by atoms with van der Waals surface area (Å²) in [6.07, 6.45) is 0.159. The van der Waals surface area contributed by atoms with Crippen LogP contribution >= 0.6 is 10.7 Å². The molecule has 0 bridgehead atoms. The summed E-state index contributed by atoms with van der Waals surface area (Å²) in [6.45, 7) is 10.2. The maximum Gasteiger partial charge on any atom is 0.261 e. The number of hydrogen-bond donors (Lipinski definition) is 0. The molecule has 0 heterocycles. The second-order valence-electron chi connectivity index (χ2n) is 4.98. The smallest absolute Gasteiger partial charge is 0.261 e. The van der Waals surface area contributed by atoms with Crippen molar-refractivity contribution < 1.29 is 17.9 Å². The minimum atomic E-state index is -3.74. The molecule has 0 saturated heterocycles. The van der Waals surface area contributed by atoms with Crippen molar-refractivity contribution in [2.45, 2.75) is 45.6 Å². The van der Waals surface area contributed by atoms with E-state index in [-0.39, 0.29) is 11.0 Å². The normalized spacial score (nSPS) is 11.9. The molecule has 0 radical (unpaired) electrons. The van der Waals surface area contributed by atoms with Gasteiger partial charge >= 0.3 is 0 Å². The summed E-state index contributed by atoms with van der Waals surface area (Å²) in [4.78, 5) is 0.139. The van der Waals surface area contributed by atoms with Crippen LogP contribution < -0.4 is 4.74 Å². The van der Waals surface area contributed by atoms with Crippen LogP contribution in [-0.2, 0) is 13.8 Å². The highest BCUT2D eigenvalue weighted by Crippen LogP contribution is 2.32. The van der Waals surface area contributed by atoms with Crippen molar-refractivity contribution in [3.8, 4) is 5.75 Å². The molecule has 0 fully saturated rings. The summed E-state index contributed by atoms with van der Waals surface area (Å²) in [7, 11) is 1.69.